The average molecular weight is 134 g/mol. The van der Waals surface area contributed by atoms with E-state index >= 15 is 0 Å². The van der Waals surface area contributed by atoms with Crippen molar-refractivity contribution in [1.82, 2.24) is 0 Å². The molecular weight excluding hydrogens is 120 g/mol. The van der Waals surface area contributed by atoms with Gasteiger partial charge in [-0.25, -0.2) is 0 Å². The highest BCUT2D eigenvalue weighted by molar-refractivity contribution is 5.21. The third-order valence-corrected chi connectivity index (χ3v) is 2.78. The van der Waals surface area contributed by atoms with Crippen LogP contribution in [0.4, 0.5) is 0 Å². The van der Waals surface area contributed by atoms with Crippen molar-refractivity contribution in [3.8, 4) is 0 Å². The molecular formula is C10H14. The van der Waals surface area contributed by atoms with E-state index in [1.54, 1.807) is 5.57 Å². The first kappa shape index (κ1) is 6.21. The first-order valence-corrected chi connectivity index (χ1v) is 4.21. The van der Waals surface area contributed by atoms with Crippen LogP contribution in [0.25, 0.3) is 0 Å². The van der Waals surface area contributed by atoms with Crippen LogP contribution >= 0.6 is 0 Å². The van der Waals surface area contributed by atoms with Gasteiger partial charge in [-0.15, -0.1) is 0 Å². The molecule has 2 aliphatic carbocycles. The maximum absolute atomic E-state index is 2.44. The summed E-state index contributed by atoms with van der Waals surface area (Å²) in [6, 6.07) is 0. The molecule has 0 heterocycles. The Hall–Kier alpha value is -0.520. The Labute approximate surface area is 62.6 Å². The first-order chi connectivity index (χ1) is 4.90. The van der Waals surface area contributed by atoms with Gasteiger partial charge in [0.15, 0.2) is 0 Å². The summed E-state index contributed by atoms with van der Waals surface area (Å²) in [7, 11) is 0. The lowest BCUT2D eigenvalue weighted by molar-refractivity contribution is 0.466. The monoisotopic (exact) mass is 134 g/mol. The topological polar surface area (TPSA) is 0 Å². The van der Waals surface area contributed by atoms with Crippen LogP contribution in [0.5, 0.6) is 0 Å². The second-order valence-corrected chi connectivity index (χ2v) is 3.46. The molecule has 54 valence electrons. The van der Waals surface area contributed by atoms with E-state index in [1.807, 2.05) is 0 Å². The van der Waals surface area contributed by atoms with E-state index in [2.05, 4.69) is 25.2 Å². The molecule has 0 saturated heterocycles. The van der Waals surface area contributed by atoms with Crippen molar-refractivity contribution in [3.63, 3.8) is 0 Å². The standard InChI is InChI=1S/C10H14/c1-2-3-9-6-8-4-5-10(9)7-8/h2-4,9-10H,5-7H2,1H3/b3-2-. The quantitative estimate of drug-likeness (QED) is 0.484. The lowest BCUT2D eigenvalue weighted by atomic mass is 9.92. The maximum Gasteiger partial charge on any atom is -0.0162 e. The highest BCUT2D eigenvalue weighted by Crippen LogP contribution is 2.44. The van der Waals surface area contributed by atoms with Gasteiger partial charge in [0.2, 0.25) is 0 Å². The van der Waals surface area contributed by atoms with E-state index in [9.17, 15) is 0 Å². The van der Waals surface area contributed by atoms with Crippen LogP contribution in [0.2, 0.25) is 0 Å². The summed E-state index contributed by atoms with van der Waals surface area (Å²) < 4.78 is 0. The van der Waals surface area contributed by atoms with Gasteiger partial charge in [0.05, 0.1) is 0 Å². The Morgan fingerprint density at radius 2 is 2.40 bits per heavy atom. The Morgan fingerprint density at radius 3 is 2.90 bits per heavy atom. The Balaban J connectivity index is 2.10. The molecule has 0 amide bonds. The van der Waals surface area contributed by atoms with Crippen LogP contribution in [0.1, 0.15) is 26.2 Å². The predicted molar refractivity (Wildman–Crippen MR) is 43.7 cm³/mol. The van der Waals surface area contributed by atoms with Gasteiger partial charge in [-0.3, -0.25) is 0 Å². The summed E-state index contributed by atoms with van der Waals surface area (Å²) in [6.07, 6.45) is 11.1. The molecule has 2 aliphatic rings. The molecule has 0 aromatic heterocycles. The fourth-order valence-corrected chi connectivity index (χ4v) is 2.26. The normalized spacial score (nSPS) is 37.5. The summed E-state index contributed by atoms with van der Waals surface area (Å²) in [5.74, 6) is 1.87. The maximum atomic E-state index is 2.44. The number of hydrogen-bond acceptors (Lipinski definition) is 0. The molecule has 2 atom stereocenters. The van der Waals surface area contributed by atoms with Gasteiger partial charge >= 0.3 is 0 Å². The molecule has 0 aliphatic heterocycles. The zero-order chi connectivity index (χ0) is 6.97. The van der Waals surface area contributed by atoms with E-state index in [1.165, 1.54) is 19.3 Å². The van der Waals surface area contributed by atoms with Gasteiger partial charge in [0, 0.05) is 0 Å². The minimum atomic E-state index is 0.894. The molecule has 0 aromatic rings. The Morgan fingerprint density at radius 1 is 1.50 bits per heavy atom. The third-order valence-electron chi connectivity index (χ3n) is 2.78. The van der Waals surface area contributed by atoms with Crippen molar-refractivity contribution < 1.29 is 0 Å². The van der Waals surface area contributed by atoms with Crippen molar-refractivity contribution in [1.29, 1.82) is 0 Å². The zero-order valence-electron chi connectivity index (χ0n) is 6.51. The van der Waals surface area contributed by atoms with Crippen molar-refractivity contribution in [2.75, 3.05) is 0 Å². The van der Waals surface area contributed by atoms with E-state index in [0.717, 1.165) is 11.8 Å². The molecule has 1 fully saturated rings. The van der Waals surface area contributed by atoms with Crippen molar-refractivity contribution in [2.24, 2.45) is 11.8 Å². The van der Waals surface area contributed by atoms with E-state index in [-0.39, 0.29) is 0 Å². The van der Waals surface area contributed by atoms with Crippen molar-refractivity contribution in [2.45, 2.75) is 26.2 Å². The molecule has 0 N–H and O–H groups in total. The molecule has 2 bridgehead atoms. The van der Waals surface area contributed by atoms with E-state index in [0.29, 0.717) is 0 Å². The van der Waals surface area contributed by atoms with Crippen LogP contribution in [0.3, 0.4) is 0 Å². The average Bonchev–Trinajstić information content (AvgIpc) is 2.48. The summed E-state index contributed by atoms with van der Waals surface area (Å²) >= 11 is 0. The van der Waals surface area contributed by atoms with Gasteiger partial charge in [-0.2, -0.15) is 0 Å². The van der Waals surface area contributed by atoms with Crippen LogP contribution < -0.4 is 0 Å². The summed E-state index contributed by atoms with van der Waals surface area (Å²) in [5.41, 5.74) is 1.72. The second kappa shape index (κ2) is 2.26. The molecule has 0 nitrogen and oxygen atoms in total. The third kappa shape index (κ3) is 0.828. The fraction of sp³-hybridized carbons (Fsp3) is 0.600. The number of fused-ring (bicyclic) bond motifs is 2. The second-order valence-electron chi connectivity index (χ2n) is 3.46. The SMILES string of the molecule is C/C=C\C1CC2=CCC1C2. The van der Waals surface area contributed by atoms with Crippen LogP contribution in [-0.2, 0) is 0 Å². The van der Waals surface area contributed by atoms with Gasteiger partial charge in [0.1, 0.15) is 0 Å². The minimum absolute atomic E-state index is 0.894. The zero-order valence-corrected chi connectivity index (χ0v) is 6.51. The number of rotatable bonds is 1. The molecule has 0 heteroatoms. The van der Waals surface area contributed by atoms with Crippen LogP contribution in [0.15, 0.2) is 23.8 Å². The Bertz CT molecular complexity index is 186. The molecule has 10 heavy (non-hydrogen) atoms. The van der Waals surface area contributed by atoms with Gasteiger partial charge < -0.3 is 0 Å². The summed E-state index contributed by atoms with van der Waals surface area (Å²) in [5, 5.41) is 0. The Kier molecular flexibility index (Phi) is 1.40. The number of allylic oxidation sites excluding steroid dienone is 4. The molecule has 0 spiro atoms. The van der Waals surface area contributed by atoms with Gasteiger partial charge in [-0.1, -0.05) is 23.8 Å². The van der Waals surface area contributed by atoms with Gasteiger partial charge in [0.25, 0.3) is 0 Å². The molecule has 1 saturated carbocycles. The van der Waals surface area contributed by atoms with E-state index < -0.39 is 0 Å². The van der Waals surface area contributed by atoms with E-state index in [4.69, 9.17) is 0 Å². The lowest BCUT2D eigenvalue weighted by Gasteiger charge is -2.13. The summed E-state index contributed by atoms with van der Waals surface area (Å²) in [4.78, 5) is 0. The first-order valence-electron chi connectivity index (χ1n) is 4.21. The number of hydrogen-bond donors (Lipinski definition) is 0. The highest BCUT2D eigenvalue weighted by atomic mass is 14.4. The fourth-order valence-electron chi connectivity index (χ4n) is 2.26. The predicted octanol–water partition coefficient (Wildman–Crippen LogP) is 2.92. The molecule has 2 unspecified atom stereocenters. The van der Waals surface area contributed by atoms with Gasteiger partial charge in [-0.05, 0) is 38.0 Å². The molecule has 0 aromatic carbocycles. The highest BCUT2D eigenvalue weighted by Gasteiger charge is 2.31. The van der Waals surface area contributed by atoms with Crippen LogP contribution in [-0.4, -0.2) is 0 Å². The summed E-state index contributed by atoms with van der Waals surface area (Å²) in [6.45, 7) is 2.13. The van der Waals surface area contributed by atoms with Crippen LogP contribution in [0, 0.1) is 11.8 Å². The lowest BCUT2D eigenvalue weighted by Crippen LogP contribution is -2.03. The molecule has 0 radical (unpaired) electrons. The molecule has 2 rings (SSSR count). The van der Waals surface area contributed by atoms with Crippen molar-refractivity contribution >= 4 is 0 Å². The minimum Gasteiger partial charge on any atom is -0.0914 e. The largest absolute Gasteiger partial charge is 0.0914 e. The van der Waals surface area contributed by atoms with Crippen molar-refractivity contribution in [3.05, 3.63) is 23.8 Å². The smallest absolute Gasteiger partial charge is 0.0162 e.